The number of carbonyl (C=O) groups is 1. The lowest BCUT2D eigenvalue weighted by Crippen LogP contribution is -2.14. The second-order valence-corrected chi connectivity index (χ2v) is 4.25. The zero-order valence-corrected chi connectivity index (χ0v) is 10.6. The van der Waals surface area contributed by atoms with E-state index in [1.54, 1.807) is 30.6 Å². The van der Waals surface area contributed by atoms with E-state index < -0.39 is 5.91 Å². The number of amides is 1. The average molecular weight is 257 g/mol. The monoisotopic (exact) mass is 257 g/mol. The lowest BCUT2D eigenvalue weighted by atomic mass is 10.1. The van der Waals surface area contributed by atoms with Crippen molar-refractivity contribution in [3.8, 4) is 5.75 Å². The van der Waals surface area contributed by atoms with Crippen LogP contribution < -0.4 is 16.2 Å². The van der Waals surface area contributed by atoms with Crippen LogP contribution in [-0.2, 0) is 6.61 Å². The first kappa shape index (κ1) is 12.9. The zero-order valence-electron chi connectivity index (χ0n) is 10.6. The Labute approximate surface area is 111 Å². The van der Waals surface area contributed by atoms with Gasteiger partial charge in [-0.05, 0) is 30.7 Å². The normalized spacial score (nSPS) is 10.2. The van der Waals surface area contributed by atoms with Gasteiger partial charge in [-0.1, -0.05) is 6.07 Å². The second kappa shape index (κ2) is 5.39. The molecule has 4 N–H and O–H groups in total. The van der Waals surface area contributed by atoms with Crippen molar-refractivity contribution in [1.29, 1.82) is 0 Å². The van der Waals surface area contributed by atoms with E-state index >= 15 is 0 Å². The minimum absolute atomic E-state index is 0.278. The van der Waals surface area contributed by atoms with E-state index in [4.69, 9.17) is 16.2 Å². The van der Waals surface area contributed by atoms with E-state index in [9.17, 15) is 4.79 Å². The van der Waals surface area contributed by atoms with Crippen molar-refractivity contribution in [3.63, 3.8) is 0 Å². The smallest absolute Gasteiger partial charge is 0.252 e. The topological polar surface area (TPSA) is 91.2 Å². The quantitative estimate of drug-likeness (QED) is 0.815. The van der Waals surface area contributed by atoms with Gasteiger partial charge in [0, 0.05) is 18.0 Å². The fraction of sp³-hybridized carbons (Fsp3) is 0.143. The number of nitrogens with zero attached hydrogens (tertiary/aromatic N) is 1. The SMILES string of the molecule is Cc1cncc(COc2c(N)cccc2C(N)=O)c1. The number of hydrogen-bond acceptors (Lipinski definition) is 4. The number of nitrogen functional groups attached to an aromatic ring is 1. The number of ether oxygens (including phenoxy) is 1. The van der Waals surface area contributed by atoms with Crippen molar-refractivity contribution in [2.24, 2.45) is 5.73 Å². The molecule has 98 valence electrons. The van der Waals surface area contributed by atoms with E-state index in [-0.39, 0.29) is 12.2 Å². The van der Waals surface area contributed by atoms with Crippen LogP contribution in [-0.4, -0.2) is 10.9 Å². The van der Waals surface area contributed by atoms with Gasteiger partial charge in [0.1, 0.15) is 6.61 Å². The number of anilines is 1. The van der Waals surface area contributed by atoms with Crippen molar-refractivity contribution < 1.29 is 9.53 Å². The van der Waals surface area contributed by atoms with E-state index in [0.29, 0.717) is 11.4 Å². The Morgan fingerprint density at radius 3 is 2.84 bits per heavy atom. The summed E-state index contributed by atoms with van der Waals surface area (Å²) in [5.41, 5.74) is 13.7. The van der Waals surface area contributed by atoms with E-state index in [2.05, 4.69) is 4.98 Å². The Kier molecular flexibility index (Phi) is 3.66. The van der Waals surface area contributed by atoms with Gasteiger partial charge in [0.25, 0.3) is 5.91 Å². The van der Waals surface area contributed by atoms with Gasteiger partial charge in [0.15, 0.2) is 5.75 Å². The minimum atomic E-state index is -0.565. The average Bonchev–Trinajstić information content (AvgIpc) is 2.37. The molecule has 5 heteroatoms. The summed E-state index contributed by atoms with van der Waals surface area (Å²) in [7, 11) is 0. The standard InChI is InChI=1S/C14H15N3O2/c1-9-5-10(7-17-6-9)8-19-13-11(14(16)18)3-2-4-12(13)15/h2-7H,8,15H2,1H3,(H2,16,18). The second-order valence-electron chi connectivity index (χ2n) is 4.25. The summed E-state index contributed by atoms with van der Waals surface area (Å²) >= 11 is 0. The minimum Gasteiger partial charge on any atom is -0.486 e. The molecule has 0 radical (unpaired) electrons. The molecule has 1 aromatic heterocycles. The molecular weight excluding hydrogens is 242 g/mol. The molecule has 1 amide bonds. The van der Waals surface area contributed by atoms with Crippen LogP contribution in [0.4, 0.5) is 5.69 Å². The number of aromatic nitrogens is 1. The number of aryl methyl sites for hydroxylation is 1. The van der Waals surface area contributed by atoms with Crippen LogP contribution in [0.15, 0.2) is 36.7 Å². The molecule has 0 spiro atoms. The summed E-state index contributed by atoms with van der Waals surface area (Å²) in [4.78, 5) is 15.4. The molecule has 1 aromatic carbocycles. The number of nitrogens with two attached hydrogens (primary N) is 2. The van der Waals surface area contributed by atoms with Gasteiger partial charge >= 0.3 is 0 Å². The summed E-state index contributed by atoms with van der Waals surface area (Å²) in [5.74, 6) is -0.249. The molecule has 0 saturated carbocycles. The molecule has 0 aliphatic carbocycles. The first-order valence-corrected chi connectivity index (χ1v) is 5.79. The molecule has 2 rings (SSSR count). The van der Waals surface area contributed by atoms with E-state index in [1.165, 1.54) is 0 Å². The van der Waals surface area contributed by atoms with Crippen LogP contribution >= 0.6 is 0 Å². The highest BCUT2D eigenvalue weighted by Gasteiger charge is 2.12. The van der Waals surface area contributed by atoms with Crippen molar-refractivity contribution in [2.45, 2.75) is 13.5 Å². The molecule has 2 aromatic rings. The maximum absolute atomic E-state index is 11.3. The third-order valence-electron chi connectivity index (χ3n) is 2.63. The molecule has 0 fully saturated rings. The number of para-hydroxylation sites is 1. The molecule has 0 unspecified atom stereocenters. The van der Waals surface area contributed by atoms with Gasteiger partial charge in [-0.15, -0.1) is 0 Å². The molecule has 0 aliphatic heterocycles. The summed E-state index contributed by atoms with van der Waals surface area (Å²) in [6.45, 7) is 2.23. The highest BCUT2D eigenvalue weighted by molar-refractivity contribution is 5.97. The first-order chi connectivity index (χ1) is 9.08. The lowest BCUT2D eigenvalue weighted by molar-refractivity contribution is 0.0996. The summed E-state index contributed by atoms with van der Waals surface area (Å²) in [6, 6.07) is 6.87. The van der Waals surface area contributed by atoms with E-state index in [0.717, 1.165) is 11.1 Å². The molecule has 0 bridgehead atoms. The fourth-order valence-corrected chi connectivity index (χ4v) is 1.76. The van der Waals surface area contributed by atoms with Crippen molar-refractivity contribution in [1.82, 2.24) is 4.98 Å². The van der Waals surface area contributed by atoms with Crippen LogP contribution in [0.3, 0.4) is 0 Å². The first-order valence-electron chi connectivity index (χ1n) is 5.79. The van der Waals surface area contributed by atoms with Crippen LogP contribution in [0.5, 0.6) is 5.75 Å². The Morgan fingerprint density at radius 2 is 2.16 bits per heavy atom. The predicted octanol–water partition coefficient (Wildman–Crippen LogP) is 1.65. The van der Waals surface area contributed by atoms with Crippen LogP contribution in [0.2, 0.25) is 0 Å². The Balaban J connectivity index is 2.22. The van der Waals surface area contributed by atoms with Crippen molar-refractivity contribution in [3.05, 3.63) is 53.3 Å². The summed E-state index contributed by atoms with van der Waals surface area (Å²) in [5, 5.41) is 0. The van der Waals surface area contributed by atoms with Crippen LogP contribution in [0, 0.1) is 6.92 Å². The van der Waals surface area contributed by atoms with Crippen molar-refractivity contribution in [2.75, 3.05) is 5.73 Å². The largest absolute Gasteiger partial charge is 0.486 e. The van der Waals surface area contributed by atoms with Gasteiger partial charge < -0.3 is 16.2 Å². The number of hydrogen-bond donors (Lipinski definition) is 2. The van der Waals surface area contributed by atoms with Gasteiger partial charge in [-0.25, -0.2) is 0 Å². The van der Waals surface area contributed by atoms with E-state index in [1.807, 2.05) is 13.0 Å². The molecule has 5 nitrogen and oxygen atoms in total. The Bertz CT molecular complexity index is 611. The Hall–Kier alpha value is -2.56. The maximum Gasteiger partial charge on any atom is 0.252 e. The molecule has 0 atom stereocenters. The van der Waals surface area contributed by atoms with Crippen molar-refractivity contribution >= 4 is 11.6 Å². The van der Waals surface area contributed by atoms with Crippen LogP contribution in [0.25, 0.3) is 0 Å². The summed E-state index contributed by atoms with van der Waals surface area (Å²) < 4.78 is 5.60. The zero-order chi connectivity index (χ0) is 13.8. The molecule has 0 aliphatic rings. The number of rotatable bonds is 4. The third-order valence-corrected chi connectivity index (χ3v) is 2.63. The van der Waals surface area contributed by atoms with Gasteiger partial charge in [0.2, 0.25) is 0 Å². The fourth-order valence-electron chi connectivity index (χ4n) is 1.76. The highest BCUT2D eigenvalue weighted by atomic mass is 16.5. The highest BCUT2D eigenvalue weighted by Crippen LogP contribution is 2.26. The van der Waals surface area contributed by atoms with Gasteiger partial charge in [-0.3, -0.25) is 9.78 Å². The van der Waals surface area contributed by atoms with Gasteiger partial charge in [0.05, 0.1) is 11.3 Å². The maximum atomic E-state index is 11.3. The number of pyridine rings is 1. The number of primary amides is 1. The Morgan fingerprint density at radius 1 is 1.37 bits per heavy atom. The molecule has 0 saturated heterocycles. The third kappa shape index (κ3) is 3.01. The van der Waals surface area contributed by atoms with Gasteiger partial charge in [-0.2, -0.15) is 0 Å². The number of carbonyl (C=O) groups excluding carboxylic acids is 1. The molecule has 1 heterocycles. The van der Waals surface area contributed by atoms with Crippen LogP contribution in [0.1, 0.15) is 21.5 Å². The lowest BCUT2D eigenvalue weighted by Gasteiger charge is -2.12. The summed E-state index contributed by atoms with van der Waals surface area (Å²) in [6.07, 6.45) is 3.46. The molecule has 19 heavy (non-hydrogen) atoms. The number of benzene rings is 1. The predicted molar refractivity (Wildman–Crippen MR) is 72.7 cm³/mol. The molecular formula is C14H15N3O2.